The van der Waals surface area contributed by atoms with Gasteiger partial charge in [0.15, 0.2) is 11.6 Å². The number of ether oxygens (including phenoxy) is 2. The Morgan fingerprint density at radius 3 is 2.29 bits per heavy atom. The molecule has 0 saturated carbocycles. The van der Waals surface area contributed by atoms with E-state index >= 15 is 0 Å². The van der Waals surface area contributed by atoms with E-state index in [1.807, 2.05) is 55.5 Å². The van der Waals surface area contributed by atoms with Crippen LogP contribution in [0.25, 0.3) is 22.3 Å². The SMILES string of the molecule is C=CC1CCC(c2ccc(-c3ccc(-c4ccc(OCC)c(F)c4)cc3)c(F)c2)CO1. The summed E-state index contributed by atoms with van der Waals surface area (Å²) >= 11 is 0. The van der Waals surface area contributed by atoms with Crippen LogP contribution in [-0.2, 0) is 4.74 Å². The standard InChI is InChI=1S/C27H26F2O2/c1-3-23-12-9-22(17-31-23)21-10-13-24(25(28)15-21)19-7-5-18(6-8-19)20-11-14-27(30-4-2)26(29)16-20/h3,5-8,10-11,13-16,22-23H,1,4,9,12,17H2,2H3. The van der Waals surface area contributed by atoms with Crippen molar-refractivity contribution in [2.24, 2.45) is 0 Å². The molecule has 31 heavy (non-hydrogen) atoms. The Bertz CT molecular complexity index is 1050. The Kier molecular flexibility index (Phi) is 6.47. The maximum absolute atomic E-state index is 14.9. The number of hydrogen-bond donors (Lipinski definition) is 0. The lowest BCUT2D eigenvalue weighted by atomic mass is 9.90. The summed E-state index contributed by atoms with van der Waals surface area (Å²) in [7, 11) is 0. The summed E-state index contributed by atoms with van der Waals surface area (Å²) in [4.78, 5) is 0. The molecular formula is C27H26F2O2. The van der Waals surface area contributed by atoms with Crippen molar-refractivity contribution in [3.05, 3.63) is 90.5 Å². The van der Waals surface area contributed by atoms with Crippen LogP contribution in [0.5, 0.6) is 5.75 Å². The molecule has 0 N–H and O–H groups in total. The summed E-state index contributed by atoms with van der Waals surface area (Å²) in [5.41, 5.74) is 3.90. The molecule has 1 aliphatic heterocycles. The molecule has 2 unspecified atom stereocenters. The Labute approximate surface area is 182 Å². The van der Waals surface area contributed by atoms with Crippen molar-refractivity contribution in [2.75, 3.05) is 13.2 Å². The monoisotopic (exact) mass is 420 g/mol. The van der Waals surface area contributed by atoms with Crippen LogP contribution < -0.4 is 4.74 Å². The molecule has 0 aromatic heterocycles. The zero-order valence-corrected chi connectivity index (χ0v) is 17.6. The van der Waals surface area contributed by atoms with Crippen LogP contribution in [-0.4, -0.2) is 19.3 Å². The molecule has 1 aliphatic rings. The summed E-state index contributed by atoms with van der Waals surface area (Å²) in [5, 5.41) is 0. The Balaban J connectivity index is 1.51. The van der Waals surface area contributed by atoms with Crippen molar-refractivity contribution >= 4 is 0 Å². The van der Waals surface area contributed by atoms with Gasteiger partial charge in [-0.15, -0.1) is 6.58 Å². The topological polar surface area (TPSA) is 18.5 Å². The first kappa shape index (κ1) is 21.3. The van der Waals surface area contributed by atoms with Gasteiger partial charge in [-0.2, -0.15) is 0 Å². The molecule has 2 nitrogen and oxygen atoms in total. The lowest BCUT2D eigenvalue weighted by Crippen LogP contribution is -2.23. The van der Waals surface area contributed by atoms with E-state index in [0.29, 0.717) is 18.8 Å². The van der Waals surface area contributed by atoms with Gasteiger partial charge in [0.25, 0.3) is 0 Å². The van der Waals surface area contributed by atoms with Crippen molar-refractivity contribution in [2.45, 2.75) is 31.8 Å². The minimum atomic E-state index is -0.392. The van der Waals surface area contributed by atoms with Gasteiger partial charge < -0.3 is 9.47 Å². The zero-order valence-electron chi connectivity index (χ0n) is 17.6. The second-order valence-electron chi connectivity index (χ2n) is 7.78. The van der Waals surface area contributed by atoms with Gasteiger partial charge in [-0.05, 0) is 60.2 Å². The number of hydrogen-bond acceptors (Lipinski definition) is 2. The van der Waals surface area contributed by atoms with Crippen LogP contribution in [0.2, 0.25) is 0 Å². The molecule has 1 saturated heterocycles. The lowest BCUT2D eigenvalue weighted by molar-refractivity contribution is 0.0328. The first-order valence-electron chi connectivity index (χ1n) is 10.7. The second kappa shape index (κ2) is 9.44. The predicted octanol–water partition coefficient (Wildman–Crippen LogP) is 7.15. The lowest BCUT2D eigenvalue weighted by Gasteiger charge is -2.27. The molecule has 4 rings (SSSR count). The van der Waals surface area contributed by atoms with Gasteiger partial charge in [0.1, 0.15) is 5.82 Å². The van der Waals surface area contributed by atoms with Gasteiger partial charge in [-0.3, -0.25) is 0 Å². The maximum atomic E-state index is 14.9. The van der Waals surface area contributed by atoms with E-state index < -0.39 is 5.82 Å². The number of rotatable bonds is 6. The third-order valence-electron chi connectivity index (χ3n) is 5.80. The quantitative estimate of drug-likeness (QED) is 0.394. The summed E-state index contributed by atoms with van der Waals surface area (Å²) < 4.78 is 40.1. The average molecular weight is 420 g/mol. The van der Waals surface area contributed by atoms with Gasteiger partial charge in [0.05, 0.1) is 19.3 Å². The van der Waals surface area contributed by atoms with Gasteiger partial charge in [0.2, 0.25) is 0 Å². The Morgan fingerprint density at radius 1 is 0.935 bits per heavy atom. The van der Waals surface area contributed by atoms with Gasteiger partial charge in [-0.1, -0.05) is 48.5 Å². The van der Waals surface area contributed by atoms with E-state index in [1.165, 1.54) is 6.07 Å². The minimum absolute atomic E-state index is 0.0998. The van der Waals surface area contributed by atoms with Gasteiger partial charge in [-0.25, -0.2) is 8.78 Å². The van der Waals surface area contributed by atoms with Crippen molar-refractivity contribution in [3.8, 4) is 28.0 Å². The molecule has 1 heterocycles. The minimum Gasteiger partial charge on any atom is -0.491 e. The van der Waals surface area contributed by atoms with Crippen LogP contribution >= 0.6 is 0 Å². The first-order chi connectivity index (χ1) is 15.1. The second-order valence-corrected chi connectivity index (χ2v) is 7.78. The normalized spacial score (nSPS) is 18.5. The molecule has 0 aliphatic carbocycles. The van der Waals surface area contributed by atoms with Crippen LogP contribution in [0, 0.1) is 11.6 Å². The summed E-state index contributed by atoms with van der Waals surface area (Å²) in [5.74, 6) is -0.190. The Hall–Kier alpha value is -2.98. The third-order valence-corrected chi connectivity index (χ3v) is 5.80. The van der Waals surface area contributed by atoms with E-state index in [4.69, 9.17) is 9.47 Å². The van der Waals surface area contributed by atoms with Crippen molar-refractivity contribution in [1.82, 2.24) is 0 Å². The molecule has 3 aromatic rings. The third kappa shape index (κ3) is 4.70. The summed E-state index contributed by atoms with van der Waals surface area (Å²) in [6, 6.07) is 17.8. The molecule has 1 fully saturated rings. The highest BCUT2D eigenvalue weighted by molar-refractivity contribution is 5.71. The van der Waals surface area contributed by atoms with E-state index in [0.717, 1.165) is 35.1 Å². The van der Waals surface area contributed by atoms with E-state index in [2.05, 4.69) is 6.58 Å². The largest absolute Gasteiger partial charge is 0.491 e. The molecule has 2 atom stereocenters. The summed E-state index contributed by atoms with van der Waals surface area (Å²) in [6.45, 7) is 6.59. The molecule has 0 amide bonds. The highest BCUT2D eigenvalue weighted by Crippen LogP contribution is 2.33. The fourth-order valence-corrected chi connectivity index (χ4v) is 4.04. The number of halogens is 2. The highest BCUT2D eigenvalue weighted by atomic mass is 19.1. The summed E-state index contributed by atoms with van der Waals surface area (Å²) in [6.07, 6.45) is 3.79. The van der Waals surface area contributed by atoms with Crippen LogP contribution in [0.3, 0.4) is 0 Å². The molecule has 4 heteroatoms. The molecule has 160 valence electrons. The fraction of sp³-hybridized carbons (Fsp3) is 0.259. The molecule has 0 bridgehead atoms. The van der Waals surface area contributed by atoms with Gasteiger partial charge in [0, 0.05) is 11.5 Å². The van der Waals surface area contributed by atoms with Crippen LogP contribution in [0.1, 0.15) is 31.2 Å². The molecule has 0 spiro atoms. The average Bonchev–Trinajstić information content (AvgIpc) is 2.81. The molecular weight excluding hydrogens is 394 g/mol. The number of benzene rings is 3. The molecule has 3 aromatic carbocycles. The van der Waals surface area contributed by atoms with Crippen LogP contribution in [0.15, 0.2) is 73.3 Å². The van der Waals surface area contributed by atoms with Crippen molar-refractivity contribution in [1.29, 1.82) is 0 Å². The van der Waals surface area contributed by atoms with E-state index in [9.17, 15) is 8.78 Å². The fourth-order valence-electron chi connectivity index (χ4n) is 4.04. The van der Waals surface area contributed by atoms with Crippen molar-refractivity contribution < 1.29 is 18.3 Å². The van der Waals surface area contributed by atoms with Crippen LogP contribution in [0.4, 0.5) is 8.78 Å². The van der Waals surface area contributed by atoms with Crippen molar-refractivity contribution in [3.63, 3.8) is 0 Å². The highest BCUT2D eigenvalue weighted by Gasteiger charge is 2.22. The molecule has 0 radical (unpaired) electrons. The maximum Gasteiger partial charge on any atom is 0.165 e. The zero-order chi connectivity index (χ0) is 21.8. The Morgan fingerprint density at radius 2 is 1.68 bits per heavy atom. The smallest absolute Gasteiger partial charge is 0.165 e. The first-order valence-corrected chi connectivity index (χ1v) is 10.7. The van der Waals surface area contributed by atoms with Gasteiger partial charge >= 0.3 is 0 Å². The van der Waals surface area contributed by atoms with E-state index in [1.54, 1.807) is 12.1 Å². The predicted molar refractivity (Wildman–Crippen MR) is 120 cm³/mol. The van der Waals surface area contributed by atoms with E-state index in [-0.39, 0.29) is 23.6 Å².